The van der Waals surface area contributed by atoms with Crippen LogP contribution in [-0.2, 0) is 5.60 Å². The first-order valence-electron chi connectivity index (χ1n) is 10.3. The van der Waals surface area contributed by atoms with Gasteiger partial charge in [-0.1, -0.05) is 12.1 Å². The number of hydrogen-bond donors (Lipinski definition) is 4. The first-order chi connectivity index (χ1) is 15.2. The zero-order valence-corrected chi connectivity index (χ0v) is 18.2. The van der Waals surface area contributed by atoms with Gasteiger partial charge in [-0.3, -0.25) is 5.73 Å². The van der Waals surface area contributed by atoms with Crippen molar-refractivity contribution in [2.24, 2.45) is 5.73 Å². The van der Waals surface area contributed by atoms with Gasteiger partial charge in [0.15, 0.2) is 11.3 Å². The van der Waals surface area contributed by atoms with Crippen molar-refractivity contribution < 1.29 is 9.47 Å². The lowest BCUT2D eigenvalue weighted by Crippen LogP contribution is -2.51. The van der Waals surface area contributed by atoms with Gasteiger partial charge in [-0.15, -0.1) is 0 Å². The lowest BCUT2D eigenvalue weighted by Gasteiger charge is -2.42. The van der Waals surface area contributed by atoms with Crippen LogP contribution in [0.2, 0.25) is 0 Å². The molecule has 164 valence electrons. The highest BCUT2D eigenvalue weighted by molar-refractivity contribution is 5.53. The molecule has 1 aliphatic carbocycles. The van der Waals surface area contributed by atoms with Gasteiger partial charge in [0.25, 0.3) is 0 Å². The summed E-state index contributed by atoms with van der Waals surface area (Å²) in [6.45, 7) is 3.95. The highest BCUT2D eigenvalue weighted by atomic mass is 16.5. The van der Waals surface area contributed by atoms with E-state index in [1.807, 2.05) is 74.5 Å². The molecule has 2 unspecified atom stereocenters. The molecule has 6 heteroatoms. The van der Waals surface area contributed by atoms with Gasteiger partial charge < -0.3 is 26.7 Å². The van der Waals surface area contributed by atoms with Gasteiger partial charge in [-0.2, -0.15) is 0 Å². The Kier molecular flexibility index (Phi) is 5.32. The summed E-state index contributed by atoms with van der Waals surface area (Å²) in [6.07, 6.45) is 3.77. The van der Waals surface area contributed by atoms with Crippen molar-refractivity contribution in [3.63, 3.8) is 0 Å². The molecule has 0 fully saturated rings. The van der Waals surface area contributed by atoms with E-state index in [-0.39, 0.29) is 0 Å². The summed E-state index contributed by atoms with van der Waals surface area (Å²) < 4.78 is 12.8. The smallest absolute Gasteiger partial charge is 0.200 e. The number of hydrogen-bond acceptors (Lipinski definition) is 6. The normalized spacial score (nSPS) is 22.6. The van der Waals surface area contributed by atoms with E-state index in [0.29, 0.717) is 28.6 Å². The first-order valence-corrected chi connectivity index (χ1v) is 10.3. The summed E-state index contributed by atoms with van der Waals surface area (Å²) in [5, 5.41) is 0. The van der Waals surface area contributed by atoms with Gasteiger partial charge in [0.2, 0.25) is 0 Å². The van der Waals surface area contributed by atoms with Crippen LogP contribution in [0.15, 0.2) is 96.1 Å². The molecule has 4 rings (SSSR count). The Bertz CT molecular complexity index is 1170. The molecule has 8 N–H and O–H groups in total. The van der Waals surface area contributed by atoms with Gasteiger partial charge in [0, 0.05) is 22.6 Å². The number of ether oxygens (including phenoxy) is 2. The van der Waals surface area contributed by atoms with Crippen LogP contribution < -0.4 is 32.4 Å². The van der Waals surface area contributed by atoms with Crippen LogP contribution in [0.4, 0.5) is 17.1 Å². The minimum Gasteiger partial charge on any atom is -0.474 e. The molecule has 0 bridgehead atoms. The van der Waals surface area contributed by atoms with Crippen molar-refractivity contribution in [3.05, 3.63) is 102 Å². The second kappa shape index (κ2) is 7.98. The Morgan fingerprint density at radius 3 is 1.50 bits per heavy atom. The average molecular weight is 429 g/mol. The molecular weight excluding hydrogens is 400 g/mol. The van der Waals surface area contributed by atoms with Crippen LogP contribution in [0, 0.1) is 0 Å². The summed E-state index contributed by atoms with van der Waals surface area (Å²) in [7, 11) is 0. The molecule has 0 saturated carbocycles. The lowest BCUT2D eigenvalue weighted by molar-refractivity contribution is 0.120. The number of nitrogen functional groups attached to an aromatic ring is 3. The van der Waals surface area contributed by atoms with Gasteiger partial charge in [0.05, 0.1) is 0 Å². The third-order valence-corrected chi connectivity index (χ3v) is 5.94. The molecule has 0 aliphatic heterocycles. The number of benzene rings is 3. The third-order valence-electron chi connectivity index (χ3n) is 5.94. The van der Waals surface area contributed by atoms with E-state index < -0.39 is 11.3 Å². The molecule has 32 heavy (non-hydrogen) atoms. The summed E-state index contributed by atoms with van der Waals surface area (Å²) in [5.41, 5.74) is 26.9. The quantitative estimate of drug-likeness (QED) is 0.272. The van der Waals surface area contributed by atoms with E-state index in [2.05, 4.69) is 0 Å². The molecule has 0 spiro atoms. The molecule has 0 saturated heterocycles. The Morgan fingerprint density at radius 2 is 1.00 bits per heavy atom. The number of anilines is 3. The topological polar surface area (TPSA) is 123 Å². The van der Waals surface area contributed by atoms with Gasteiger partial charge in [-0.05, 0) is 97.8 Å². The fourth-order valence-corrected chi connectivity index (χ4v) is 3.84. The second-order valence-electron chi connectivity index (χ2n) is 8.08. The molecule has 1 aliphatic rings. The summed E-state index contributed by atoms with van der Waals surface area (Å²) in [5.74, 6) is 1.30. The predicted octanol–water partition coefficient (Wildman–Crippen LogP) is 4.35. The van der Waals surface area contributed by atoms with Gasteiger partial charge in [0.1, 0.15) is 11.5 Å². The van der Waals surface area contributed by atoms with E-state index >= 15 is 0 Å². The highest BCUT2D eigenvalue weighted by Gasteiger charge is 2.44. The Balaban J connectivity index is 1.78. The van der Waals surface area contributed by atoms with Crippen molar-refractivity contribution in [2.45, 2.75) is 25.2 Å². The monoisotopic (exact) mass is 428 g/mol. The third kappa shape index (κ3) is 3.88. The highest BCUT2D eigenvalue weighted by Crippen LogP contribution is 2.44. The van der Waals surface area contributed by atoms with Crippen LogP contribution in [0.5, 0.6) is 11.5 Å². The van der Waals surface area contributed by atoms with E-state index in [4.69, 9.17) is 32.4 Å². The molecular formula is C26H28N4O2. The largest absolute Gasteiger partial charge is 0.474 e. The minimum absolute atomic E-state index is 0.623. The summed E-state index contributed by atoms with van der Waals surface area (Å²) >= 11 is 0. The predicted molar refractivity (Wildman–Crippen MR) is 130 cm³/mol. The van der Waals surface area contributed by atoms with Gasteiger partial charge >= 0.3 is 0 Å². The Hall–Kier alpha value is -3.90. The summed E-state index contributed by atoms with van der Waals surface area (Å²) in [4.78, 5) is 0. The van der Waals surface area contributed by atoms with Crippen LogP contribution in [-0.4, -0.2) is 5.72 Å². The van der Waals surface area contributed by atoms with E-state index in [9.17, 15) is 0 Å². The molecule has 0 radical (unpaired) electrons. The Labute approximate surface area is 188 Å². The van der Waals surface area contributed by atoms with Crippen molar-refractivity contribution in [1.82, 2.24) is 0 Å². The molecule has 3 aromatic rings. The zero-order valence-electron chi connectivity index (χ0n) is 18.2. The van der Waals surface area contributed by atoms with Crippen molar-refractivity contribution in [1.29, 1.82) is 0 Å². The van der Waals surface area contributed by atoms with E-state index in [0.717, 1.165) is 16.7 Å². The zero-order chi connectivity index (χ0) is 22.9. The molecule has 3 aromatic carbocycles. The fourth-order valence-electron chi connectivity index (χ4n) is 3.84. The maximum absolute atomic E-state index is 6.71. The van der Waals surface area contributed by atoms with E-state index in [1.54, 1.807) is 24.3 Å². The van der Waals surface area contributed by atoms with Crippen molar-refractivity contribution >= 4 is 17.1 Å². The minimum atomic E-state index is -1.14. The number of nitrogens with two attached hydrogens (primary N) is 4. The SMILES string of the molecule is CC1=C(C)C(Oc2ccc(N)cc2)(c2ccc(N)cc2)C=CC1(N)Oc1ccc(N)cc1. The van der Waals surface area contributed by atoms with Crippen molar-refractivity contribution in [2.75, 3.05) is 17.2 Å². The lowest BCUT2D eigenvalue weighted by atomic mass is 9.77. The number of rotatable bonds is 5. The second-order valence-corrected chi connectivity index (χ2v) is 8.08. The van der Waals surface area contributed by atoms with Crippen LogP contribution in [0.1, 0.15) is 19.4 Å². The first kappa shape index (κ1) is 21.3. The molecule has 2 atom stereocenters. The summed E-state index contributed by atoms with van der Waals surface area (Å²) in [6, 6.07) is 22.1. The van der Waals surface area contributed by atoms with Crippen LogP contribution in [0.3, 0.4) is 0 Å². The molecule has 0 amide bonds. The Morgan fingerprint density at radius 1 is 0.562 bits per heavy atom. The van der Waals surface area contributed by atoms with Crippen LogP contribution in [0.25, 0.3) is 0 Å². The van der Waals surface area contributed by atoms with Crippen LogP contribution >= 0.6 is 0 Å². The van der Waals surface area contributed by atoms with Crippen molar-refractivity contribution in [3.8, 4) is 11.5 Å². The maximum atomic E-state index is 6.71. The standard InChI is InChI=1S/C26H28N4O2/c1-17-18(2)26(30,32-24-13-9-22(29)10-14-24)16-15-25(17,19-3-5-20(27)6-4-19)31-23-11-7-21(28)8-12-23/h3-16H,27-30H2,1-2H3. The molecule has 0 aromatic heterocycles. The molecule has 6 nitrogen and oxygen atoms in total. The van der Waals surface area contributed by atoms with Gasteiger partial charge in [-0.25, -0.2) is 0 Å². The fraction of sp³-hybridized carbons (Fsp3) is 0.154. The average Bonchev–Trinajstić information content (AvgIpc) is 2.78. The maximum Gasteiger partial charge on any atom is 0.200 e. The van der Waals surface area contributed by atoms with E-state index in [1.165, 1.54) is 0 Å². The molecule has 0 heterocycles.